The normalized spacial score (nSPS) is 11.7. The molecule has 2 aromatic rings. The Kier molecular flexibility index (Phi) is 5.41. The smallest absolute Gasteiger partial charge is 0.306 e. The van der Waals surface area contributed by atoms with Gasteiger partial charge in [0, 0.05) is 11.8 Å². The first-order valence-electron chi connectivity index (χ1n) is 7.32. The highest BCUT2D eigenvalue weighted by Crippen LogP contribution is 2.26. The van der Waals surface area contributed by atoms with Gasteiger partial charge in [-0.3, -0.25) is 14.9 Å². The molecular weight excluding hydrogens is 299 g/mol. The van der Waals surface area contributed by atoms with Gasteiger partial charge in [-0.25, -0.2) is 0 Å². The maximum absolute atomic E-state index is 13.3. The van der Waals surface area contributed by atoms with Gasteiger partial charge in [-0.05, 0) is 24.1 Å². The lowest BCUT2D eigenvalue weighted by Gasteiger charge is -2.16. The van der Waals surface area contributed by atoms with Crippen LogP contribution < -0.4 is 5.32 Å². The molecule has 0 radical (unpaired) electrons. The van der Waals surface area contributed by atoms with E-state index in [1.165, 1.54) is 6.07 Å². The quantitative estimate of drug-likeness (QED) is 0.639. The van der Waals surface area contributed by atoms with Gasteiger partial charge >= 0.3 is 5.69 Å². The molecule has 0 aliphatic rings. The van der Waals surface area contributed by atoms with Crippen molar-refractivity contribution in [3.63, 3.8) is 0 Å². The van der Waals surface area contributed by atoms with E-state index >= 15 is 0 Å². The molecule has 0 heterocycles. The number of amides is 1. The number of nitrogens with one attached hydrogen (secondary N) is 1. The van der Waals surface area contributed by atoms with E-state index in [0.717, 1.165) is 24.1 Å². The summed E-state index contributed by atoms with van der Waals surface area (Å²) in [7, 11) is 0. The first kappa shape index (κ1) is 16.6. The molecule has 0 aliphatic carbocycles. The summed E-state index contributed by atoms with van der Waals surface area (Å²) < 4.78 is 13.3. The van der Waals surface area contributed by atoms with Crippen LogP contribution in [0.15, 0.2) is 48.5 Å². The van der Waals surface area contributed by atoms with Crippen LogP contribution in [-0.2, 0) is 4.79 Å². The van der Waals surface area contributed by atoms with E-state index < -0.39 is 16.4 Å². The van der Waals surface area contributed by atoms with Crippen LogP contribution in [-0.4, -0.2) is 10.8 Å². The van der Waals surface area contributed by atoms with Crippen molar-refractivity contribution in [2.45, 2.75) is 25.7 Å². The van der Waals surface area contributed by atoms with Crippen molar-refractivity contribution in [1.82, 2.24) is 0 Å². The average molecular weight is 316 g/mol. The highest BCUT2D eigenvalue weighted by molar-refractivity contribution is 5.96. The Labute approximate surface area is 133 Å². The highest BCUT2D eigenvalue weighted by atomic mass is 19.1. The predicted molar refractivity (Wildman–Crippen MR) is 85.8 cm³/mol. The Morgan fingerprint density at radius 3 is 2.57 bits per heavy atom. The monoisotopic (exact) mass is 316 g/mol. The maximum atomic E-state index is 13.3. The molecule has 1 unspecified atom stereocenters. The maximum Gasteiger partial charge on any atom is 0.306 e. The van der Waals surface area contributed by atoms with E-state index in [1.807, 2.05) is 37.3 Å². The van der Waals surface area contributed by atoms with Gasteiger partial charge in [0.05, 0.1) is 10.8 Å². The van der Waals surface area contributed by atoms with Crippen LogP contribution in [0.3, 0.4) is 0 Å². The zero-order valence-corrected chi connectivity index (χ0v) is 12.7. The molecule has 0 aromatic heterocycles. The van der Waals surface area contributed by atoms with Crippen LogP contribution in [0.1, 0.15) is 31.2 Å². The van der Waals surface area contributed by atoms with Crippen molar-refractivity contribution in [1.29, 1.82) is 0 Å². The number of carbonyl (C=O) groups excluding carboxylic acids is 1. The third-order valence-electron chi connectivity index (χ3n) is 3.51. The molecule has 1 atom stereocenters. The minimum absolute atomic E-state index is 0.208. The third kappa shape index (κ3) is 4.12. The number of halogens is 1. The molecule has 2 aromatic carbocycles. The summed E-state index contributed by atoms with van der Waals surface area (Å²) in [6.07, 6.45) is 1.47. The fourth-order valence-electron chi connectivity index (χ4n) is 2.38. The Bertz CT molecular complexity index is 704. The Hall–Kier alpha value is -2.76. The van der Waals surface area contributed by atoms with E-state index in [9.17, 15) is 19.3 Å². The van der Waals surface area contributed by atoms with Crippen LogP contribution >= 0.6 is 0 Å². The highest BCUT2D eigenvalue weighted by Gasteiger charge is 2.21. The molecule has 6 heteroatoms. The minimum atomic E-state index is -0.929. The molecule has 0 aliphatic heterocycles. The lowest BCUT2D eigenvalue weighted by molar-refractivity contribution is -0.387. The summed E-state index contributed by atoms with van der Waals surface area (Å²) in [5.74, 6) is -1.55. The topological polar surface area (TPSA) is 72.2 Å². The van der Waals surface area contributed by atoms with Gasteiger partial charge in [-0.1, -0.05) is 43.7 Å². The van der Waals surface area contributed by atoms with Crippen molar-refractivity contribution in [3.05, 3.63) is 70.0 Å². The number of hydrogen-bond acceptors (Lipinski definition) is 3. The summed E-state index contributed by atoms with van der Waals surface area (Å²) in [5, 5.41) is 13.4. The SMILES string of the molecule is CCCC(C(=O)Nc1ccc(F)c([N+](=O)[O-])c1)c1ccccc1. The molecule has 0 saturated heterocycles. The lowest BCUT2D eigenvalue weighted by Crippen LogP contribution is -2.21. The van der Waals surface area contributed by atoms with Crippen LogP contribution in [0.25, 0.3) is 0 Å². The zero-order chi connectivity index (χ0) is 16.8. The zero-order valence-electron chi connectivity index (χ0n) is 12.7. The summed E-state index contributed by atoms with van der Waals surface area (Å²) >= 11 is 0. The molecule has 0 bridgehead atoms. The van der Waals surface area contributed by atoms with Crippen LogP contribution in [0.2, 0.25) is 0 Å². The fraction of sp³-hybridized carbons (Fsp3) is 0.235. The van der Waals surface area contributed by atoms with Crippen LogP contribution in [0, 0.1) is 15.9 Å². The van der Waals surface area contributed by atoms with Crippen molar-refractivity contribution in [2.75, 3.05) is 5.32 Å². The van der Waals surface area contributed by atoms with E-state index in [4.69, 9.17) is 0 Å². The molecule has 120 valence electrons. The third-order valence-corrected chi connectivity index (χ3v) is 3.51. The lowest BCUT2D eigenvalue weighted by atomic mass is 9.93. The number of nitro groups is 1. The fourth-order valence-corrected chi connectivity index (χ4v) is 2.38. The number of nitrogens with zero attached hydrogens (tertiary/aromatic N) is 1. The van der Waals surface area contributed by atoms with E-state index in [2.05, 4.69) is 5.32 Å². The van der Waals surface area contributed by atoms with Crippen LogP contribution in [0.4, 0.5) is 15.8 Å². The van der Waals surface area contributed by atoms with Crippen molar-refractivity contribution in [2.24, 2.45) is 0 Å². The summed E-state index contributed by atoms with van der Waals surface area (Å²) in [6.45, 7) is 1.98. The number of nitro benzene ring substituents is 1. The van der Waals surface area contributed by atoms with E-state index in [-0.39, 0.29) is 17.5 Å². The molecule has 1 amide bonds. The molecule has 5 nitrogen and oxygen atoms in total. The number of rotatable bonds is 6. The second kappa shape index (κ2) is 7.49. The second-order valence-corrected chi connectivity index (χ2v) is 5.16. The number of anilines is 1. The molecule has 1 N–H and O–H groups in total. The number of carbonyl (C=O) groups is 1. The van der Waals surface area contributed by atoms with Gasteiger partial charge in [0.2, 0.25) is 11.7 Å². The molecule has 0 fully saturated rings. The first-order valence-corrected chi connectivity index (χ1v) is 7.32. The van der Waals surface area contributed by atoms with Gasteiger partial charge < -0.3 is 5.32 Å². The molecule has 23 heavy (non-hydrogen) atoms. The second-order valence-electron chi connectivity index (χ2n) is 5.16. The molecule has 0 saturated carbocycles. The Morgan fingerprint density at radius 2 is 1.96 bits per heavy atom. The van der Waals surface area contributed by atoms with Gasteiger partial charge in [-0.15, -0.1) is 0 Å². The Morgan fingerprint density at radius 1 is 1.26 bits per heavy atom. The summed E-state index contributed by atoms with van der Waals surface area (Å²) in [5.41, 5.74) is 0.429. The first-order chi connectivity index (χ1) is 11.0. The van der Waals surface area contributed by atoms with Crippen molar-refractivity contribution < 1.29 is 14.1 Å². The minimum Gasteiger partial charge on any atom is -0.325 e. The standard InChI is InChI=1S/C17H17FN2O3/c1-2-6-14(12-7-4-3-5-8-12)17(21)19-13-9-10-15(18)16(11-13)20(22)23/h3-5,7-11,14H,2,6H2,1H3,(H,19,21). The number of benzene rings is 2. The van der Waals surface area contributed by atoms with Gasteiger partial charge in [0.1, 0.15) is 0 Å². The van der Waals surface area contributed by atoms with Crippen LogP contribution in [0.5, 0.6) is 0 Å². The Balaban J connectivity index is 2.22. The van der Waals surface area contributed by atoms with Gasteiger partial charge in [0.15, 0.2) is 0 Å². The van der Waals surface area contributed by atoms with Crippen molar-refractivity contribution >= 4 is 17.3 Å². The summed E-state index contributed by atoms with van der Waals surface area (Å²) in [4.78, 5) is 22.5. The van der Waals surface area contributed by atoms with E-state index in [1.54, 1.807) is 0 Å². The largest absolute Gasteiger partial charge is 0.325 e. The van der Waals surface area contributed by atoms with Gasteiger partial charge in [0.25, 0.3) is 0 Å². The van der Waals surface area contributed by atoms with Crippen molar-refractivity contribution in [3.8, 4) is 0 Å². The summed E-state index contributed by atoms with van der Waals surface area (Å²) in [6, 6.07) is 12.6. The molecule has 2 rings (SSSR count). The molecular formula is C17H17FN2O3. The van der Waals surface area contributed by atoms with E-state index in [0.29, 0.717) is 6.42 Å². The van der Waals surface area contributed by atoms with Gasteiger partial charge in [-0.2, -0.15) is 4.39 Å². The number of hydrogen-bond donors (Lipinski definition) is 1. The predicted octanol–water partition coefficient (Wildman–Crippen LogP) is 4.26. The average Bonchev–Trinajstić information content (AvgIpc) is 2.54. The molecule has 0 spiro atoms.